The first-order valence-corrected chi connectivity index (χ1v) is 14.3. The van der Waals surface area contributed by atoms with Gasteiger partial charge in [0, 0.05) is 61.2 Å². The standard InChI is InChI=1S/C29H38ClN5O4/c1-3-21(18-36)31-28-27-23(30)6-7-24(27)32-26(33-28)17-19-4-5-20(16-25(19)38-2)29(37)35-10-8-22(9-11-35)34-12-14-39-15-13-34/h4-6,16,21-22,36H,3,7-15,17-18H2,1-2H3,(H,31,32,33)/t21-/m1/s1. The molecule has 1 aromatic heterocycles. The SMILES string of the molecule is CC[C@H](CO)Nc1nc(Cc2ccc(C(=O)N3CCC(N4CCOCC4)CC3)cc2OC)nc2c1C(Cl)=CC2. The molecule has 2 aliphatic heterocycles. The van der Waals surface area contributed by atoms with Crippen LogP contribution in [0, 0.1) is 0 Å². The fraction of sp³-hybridized carbons (Fsp3) is 0.552. The molecule has 9 nitrogen and oxygen atoms in total. The number of piperidine rings is 1. The van der Waals surface area contributed by atoms with Gasteiger partial charge >= 0.3 is 0 Å². The van der Waals surface area contributed by atoms with Crippen molar-refractivity contribution in [3.8, 4) is 5.75 Å². The van der Waals surface area contributed by atoms with Gasteiger partial charge < -0.3 is 24.8 Å². The molecule has 3 aliphatic rings. The third kappa shape index (κ3) is 6.22. The Morgan fingerprint density at radius 3 is 2.69 bits per heavy atom. The summed E-state index contributed by atoms with van der Waals surface area (Å²) in [5, 5.41) is 13.7. The number of carbonyl (C=O) groups excluding carboxylic acids is 1. The van der Waals surface area contributed by atoms with Gasteiger partial charge in [0.15, 0.2) is 0 Å². The van der Waals surface area contributed by atoms with Crippen molar-refractivity contribution in [1.82, 2.24) is 19.8 Å². The van der Waals surface area contributed by atoms with Crippen LogP contribution in [0.25, 0.3) is 5.03 Å². The van der Waals surface area contributed by atoms with Gasteiger partial charge in [-0.2, -0.15) is 0 Å². The summed E-state index contributed by atoms with van der Waals surface area (Å²) < 4.78 is 11.2. The number of anilines is 1. The first kappa shape index (κ1) is 27.8. The van der Waals surface area contributed by atoms with E-state index < -0.39 is 0 Å². The third-order valence-corrected chi connectivity index (χ3v) is 8.34. The maximum absolute atomic E-state index is 13.3. The van der Waals surface area contributed by atoms with Crippen molar-refractivity contribution in [1.29, 1.82) is 0 Å². The van der Waals surface area contributed by atoms with Crippen LogP contribution >= 0.6 is 11.6 Å². The molecule has 5 rings (SSSR count). The van der Waals surface area contributed by atoms with E-state index in [9.17, 15) is 9.90 Å². The van der Waals surface area contributed by atoms with Crippen LogP contribution in [0.15, 0.2) is 24.3 Å². The highest BCUT2D eigenvalue weighted by atomic mass is 35.5. The molecule has 2 fully saturated rings. The summed E-state index contributed by atoms with van der Waals surface area (Å²) in [6.45, 7) is 7.08. The fourth-order valence-corrected chi connectivity index (χ4v) is 5.93. The molecule has 210 valence electrons. The van der Waals surface area contributed by atoms with Crippen LogP contribution in [0.4, 0.5) is 5.82 Å². The minimum absolute atomic E-state index is 0.000145. The van der Waals surface area contributed by atoms with Gasteiger partial charge in [-0.1, -0.05) is 30.7 Å². The Balaban J connectivity index is 1.29. The van der Waals surface area contributed by atoms with Crippen molar-refractivity contribution in [2.75, 3.05) is 58.4 Å². The van der Waals surface area contributed by atoms with Crippen LogP contribution in [-0.2, 0) is 17.6 Å². The first-order chi connectivity index (χ1) is 19.0. The molecule has 2 N–H and O–H groups in total. The molecule has 0 bridgehead atoms. The number of hydrogen-bond acceptors (Lipinski definition) is 8. The average molecular weight is 556 g/mol. The average Bonchev–Trinajstić information content (AvgIpc) is 3.36. The lowest BCUT2D eigenvalue weighted by molar-refractivity contribution is 0.00158. The molecule has 1 aromatic carbocycles. The molecule has 1 atom stereocenters. The zero-order chi connectivity index (χ0) is 27.4. The van der Waals surface area contributed by atoms with Gasteiger partial charge in [-0.15, -0.1) is 0 Å². The third-order valence-electron chi connectivity index (χ3n) is 7.99. The number of morpholine rings is 1. The van der Waals surface area contributed by atoms with Crippen LogP contribution < -0.4 is 10.1 Å². The van der Waals surface area contributed by atoms with Crippen LogP contribution in [-0.4, -0.2) is 96.0 Å². The van der Waals surface area contributed by atoms with E-state index in [2.05, 4.69) is 10.2 Å². The maximum atomic E-state index is 13.3. The number of nitrogens with one attached hydrogen (secondary N) is 1. The summed E-state index contributed by atoms with van der Waals surface area (Å²) in [5.74, 6) is 1.95. The molecule has 2 saturated heterocycles. The van der Waals surface area contributed by atoms with Crippen molar-refractivity contribution >= 4 is 28.4 Å². The molecule has 1 aliphatic carbocycles. The number of halogens is 1. The van der Waals surface area contributed by atoms with Crippen molar-refractivity contribution in [3.05, 3.63) is 52.5 Å². The highest BCUT2D eigenvalue weighted by Gasteiger charge is 2.29. The Morgan fingerprint density at radius 1 is 1.23 bits per heavy atom. The van der Waals surface area contributed by atoms with Crippen LogP contribution in [0.1, 0.15) is 59.2 Å². The Bertz CT molecular complexity index is 1200. The Kier molecular flexibility index (Phi) is 9.02. The van der Waals surface area contributed by atoms with Gasteiger partial charge in [0.25, 0.3) is 5.91 Å². The number of ether oxygens (including phenoxy) is 2. The van der Waals surface area contributed by atoms with Gasteiger partial charge in [0.2, 0.25) is 0 Å². The largest absolute Gasteiger partial charge is 0.496 e. The number of nitrogens with zero attached hydrogens (tertiary/aromatic N) is 4. The van der Waals surface area contributed by atoms with E-state index in [0.29, 0.717) is 46.9 Å². The van der Waals surface area contributed by atoms with Crippen molar-refractivity contribution < 1.29 is 19.4 Å². The van der Waals surface area contributed by atoms with E-state index in [4.69, 9.17) is 31.0 Å². The predicted octanol–water partition coefficient (Wildman–Crippen LogP) is 3.33. The number of methoxy groups -OCH3 is 1. The lowest BCUT2D eigenvalue weighted by atomic mass is 10.0. The van der Waals surface area contributed by atoms with Gasteiger partial charge in [0.1, 0.15) is 17.4 Å². The number of aliphatic hydroxyl groups is 1. The second kappa shape index (κ2) is 12.6. The number of aliphatic hydroxyl groups excluding tert-OH is 1. The lowest BCUT2D eigenvalue weighted by Crippen LogP contribution is -2.50. The van der Waals surface area contributed by atoms with Gasteiger partial charge in [-0.3, -0.25) is 9.69 Å². The monoisotopic (exact) mass is 555 g/mol. The van der Waals surface area contributed by atoms with Gasteiger partial charge in [-0.05, 0) is 31.4 Å². The number of benzene rings is 1. The summed E-state index contributed by atoms with van der Waals surface area (Å²) in [4.78, 5) is 27.4. The Hall–Kier alpha value is -2.72. The fourth-order valence-electron chi connectivity index (χ4n) is 5.65. The van der Waals surface area contributed by atoms with E-state index in [-0.39, 0.29) is 18.6 Å². The number of aromatic nitrogens is 2. The van der Waals surface area contributed by atoms with Gasteiger partial charge in [0.05, 0.1) is 44.2 Å². The summed E-state index contributed by atoms with van der Waals surface area (Å²) in [5.41, 5.74) is 3.20. The van der Waals surface area contributed by atoms with E-state index in [0.717, 1.165) is 75.5 Å². The zero-order valence-electron chi connectivity index (χ0n) is 22.8. The summed E-state index contributed by atoms with van der Waals surface area (Å²) in [7, 11) is 1.62. The molecule has 1 amide bonds. The number of rotatable bonds is 9. The Labute approximate surface area is 235 Å². The topological polar surface area (TPSA) is 100 Å². The van der Waals surface area contributed by atoms with E-state index >= 15 is 0 Å². The normalized spacial score (nSPS) is 19.0. The number of fused-ring (bicyclic) bond motifs is 1. The second-order valence-electron chi connectivity index (χ2n) is 10.4. The van der Waals surface area contributed by atoms with E-state index in [1.165, 1.54) is 0 Å². The Morgan fingerprint density at radius 2 is 2.00 bits per heavy atom. The first-order valence-electron chi connectivity index (χ1n) is 13.9. The molecule has 0 radical (unpaired) electrons. The molecular weight excluding hydrogens is 518 g/mol. The summed E-state index contributed by atoms with van der Waals surface area (Å²) >= 11 is 6.45. The van der Waals surface area contributed by atoms with E-state index in [1.54, 1.807) is 7.11 Å². The molecule has 10 heteroatoms. The molecule has 0 unspecified atom stereocenters. The zero-order valence-corrected chi connectivity index (χ0v) is 23.5. The van der Waals surface area contributed by atoms with Crippen molar-refractivity contribution in [2.24, 2.45) is 0 Å². The number of carbonyl (C=O) groups is 1. The van der Waals surface area contributed by atoms with Crippen LogP contribution in [0.3, 0.4) is 0 Å². The molecule has 39 heavy (non-hydrogen) atoms. The van der Waals surface area contributed by atoms with Gasteiger partial charge in [-0.25, -0.2) is 9.97 Å². The van der Waals surface area contributed by atoms with Crippen LogP contribution in [0.5, 0.6) is 5.75 Å². The van der Waals surface area contributed by atoms with Crippen LogP contribution in [0.2, 0.25) is 0 Å². The molecule has 3 heterocycles. The van der Waals surface area contributed by atoms with E-state index in [1.807, 2.05) is 36.1 Å². The van der Waals surface area contributed by atoms with Crippen molar-refractivity contribution in [2.45, 2.75) is 51.1 Å². The number of likely N-dealkylation sites (tertiary alicyclic amines) is 1. The predicted molar refractivity (Wildman–Crippen MR) is 151 cm³/mol. The molecular formula is C29H38ClN5O4. The highest BCUT2D eigenvalue weighted by Crippen LogP contribution is 2.35. The lowest BCUT2D eigenvalue weighted by Gasteiger charge is -2.40. The highest BCUT2D eigenvalue weighted by molar-refractivity contribution is 6.49. The van der Waals surface area contributed by atoms with Crippen molar-refractivity contribution in [3.63, 3.8) is 0 Å². The second-order valence-corrected chi connectivity index (χ2v) is 10.8. The summed E-state index contributed by atoms with van der Waals surface area (Å²) in [6.07, 6.45) is 5.74. The molecule has 2 aromatic rings. The minimum Gasteiger partial charge on any atom is -0.496 e. The number of amides is 1. The summed E-state index contributed by atoms with van der Waals surface area (Å²) in [6, 6.07) is 6.04. The maximum Gasteiger partial charge on any atom is 0.253 e. The molecule has 0 spiro atoms. The quantitative estimate of drug-likeness (QED) is 0.486. The number of hydrogen-bond donors (Lipinski definition) is 2. The minimum atomic E-state index is -0.124. The number of allylic oxidation sites excluding steroid dienone is 1. The molecule has 0 saturated carbocycles. The smallest absolute Gasteiger partial charge is 0.253 e.